The van der Waals surface area contributed by atoms with Crippen molar-refractivity contribution >= 4 is 5.97 Å². The average Bonchev–Trinajstić information content (AvgIpc) is 2.44. The van der Waals surface area contributed by atoms with Crippen molar-refractivity contribution in [2.45, 2.75) is 40.0 Å². The van der Waals surface area contributed by atoms with Gasteiger partial charge in [0.2, 0.25) is 5.75 Å². The molecule has 0 bridgehead atoms. The fourth-order valence-electron chi connectivity index (χ4n) is 2.07. The summed E-state index contributed by atoms with van der Waals surface area (Å²) in [7, 11) is 0. The maximum absolute atomic E-state index is 10.6. The molecule has 5 heteroatoms. The third-order valence-electron chi connectivity index (χ3n) is 2.87. The normalized spacial score (nSPS) is 10.2. The molecule has 0 fully saturated rings. The minimum Gasteiger partial charge on any atom is -0.490 e. The molecule has 0 spiro atoms. The lowest BCUT2D eigenvalue weighted by Crippen LogP contribution is -2.05. The van der Waals surface area contributed by atoms with Crippen LogP contribution in [0.25, 0.3) is 0 Å². The summed E-state index contributed by atoms with van der Waals surface area (Å²) in [5.41, 5.74) is 0.949. The van der Waals surface area contributed by atoms with Crippen molar-refractivity contribution in [1.82, 2.24) is 0 Å². The SMILES string of the molecule is CCOc1ccc(CCCC(=O)O)c(OCC)c1OCC. The molecule has 0 radical (unpaired) electrons. The number of carbonyl (C=O) groups is 1. The lowest BCUT2D eigenvalue weighted by Gasteiger charge is -2.18. The number of carboxylic acid groups (broad SMARTS) is 1. The first kappa shape index (κ1) is 17.1. The lowest BCUT2D eigenvalue weighted by atomic mass is 10.1. The van der Waals surface area contributed by atoms with Crippen molar-refractivity contribution in [3.8, 4) is 17.2 Å². The van der Waals surface area contributed by atoms with Crippen LogP contribution in [0.4, 0.5) is 0 Å². The minimum absolute atomic E-state index is 0.142. The summed E-state index contributed by atoms with van der Waals surface area (Å²) in [5.74, 6) is 1.14. The molecular formula is C16H24O5. The summed E-state index contributed by atoms with van der Waals surface area (Å²) in [5, 5.41) is 8.74. The van der Waals surface area contributed by atoms with Crippen LogP contribution in [-0.2, 0) is 11.2 Å². The first-order valence-electron chi connectivity index (χ1n) is 7.40. The van der Waals surface area contributed by atoms with Crippen LogP contribution in [0.2, 0.25) is 0 Å². The molecule has 1 rings (SSSR count). The molecule has 118 valence electrons. The van der Waals surface area contributed by atoms with E-state index in [9.17, 15) is 4.79 Å². The molecule has 0 amide bonds. The molecule has 0 aliphatic carbocycles. The number of rotatable bonds is 10. The van der Waals surface area contributed by atoms with Gasteiger partial charge in [-0.1, -0.05) is 6.07 Å². The van der Waals surface area contributed by atoms with E-state index in [-0.39, 0.29) is 6.42 Å². The molecule has 5 nitrogen and oxygen atoms in total. The Kier molecular flexibility index (Phi) is 7.43. The minimum atomic E-state index is -0.788. The van der Waals surface area contributed by atoms with Crippen LogP contribution in [0, 0.1) is 0 Å². The Morgan fingerprint density at radius 3 is 2.19 bits per heavy atom. The highest BCUT2D eigenvalue weighted by Crippen LogP contribution is 2.41. The predicted molar refractivity (Wildman–Crippen MR) is 80.5 cm³/mol. The molecule has 0 atom stereocenters. The molecule has 0 heterocycles. The summed E-state index contributed by atoms with van der Waals surface area (Å²) >= 11 is 0. The van der Waals surface area contributed by atoms with Gasteiger partial charge in [0.25, 0.3) is 0 Å². The van der Waals surface area contributed by atoms with Gasteiger partial charge in [-0.05, 0) is 45.2 Å². The second kappa shape index (κ2) is 9.10. The fraction of sp³-hybridized carbons (Fsp3) is 0.562. The molecule has 1 N–H and O–H groups in total. The lowest BCUT2D eigenvalue weighted by molar-refractivity contribution is -0.137. The monoisotopic (exact) mass is 296 g/mol. The number of aliphatic carboxylic acids is 1. The fourth-order valence-corrected chi connectivity index (χ4v) is 2.07. The van der Waals surface area contributed by atoms with E-state index in [2.05, 4.69) is 0 Å². The van der Waals surface area contributed by atoms with Crippen molar-refractivity contribution in [3.63, 3.8) is 0 Å². The number of carboxylic acids is 1. The number of benzene rings is 1. The Bertz CT molecular complexity index is 456. The molecular weight excluding hydrogens is 272 g/mol. The van der Waals surface area contributed by atoms with E-state index in [4.69, 9.17) is 19.3 Å². The van der Waals surface area contributed by atoms with Crippen molar-refractivity contribution in [1.29, 1.82) is 0 Å². The van der Waals surface area contributed by atoms with E-state index in [1.165, 1.54) is 0 Å². The molecule has 1 aromatic rings. The predicted octanol–water partition coefficient (Wildman–Crippen LogP) is 3.29. The van der Waals surface area contributed by atoms with Gasteiger partial charge in [-0.25, -0.2) is 0 Å². The third-order valence-corrected chi connectivity index (χ3v) is 2.87. The standard InChI is InChI=1S/C16H24O5/c1-4-19-13-11-10-12(8-7-9-14(17)18)15(20-5-2)16(13)21-6-3/h10-11H,4-9H2,1-3H3,(H,17,18). The molecule has 0 unspecified atom stereocenters. The van der Waals surface area contributed by atoms with Gasteiger partial charge in [-0.3, -0.25) is 4.79 Å². The van der Waals surface area contributed by atoms with Gasteiger partial charge in [-0.2, -0.15) is 0 Å². The Morgan fingerprint density at radius 1 is 1.00 bits per heavy atom. The second-order valence-corrected chi connectivity index (χ2v) is 4.43. The van der Waals surface area contributed by atoms with Crippen molar-refractivity contribution in [2.24, 2.45) is 0 Å². The number of hydrogen-bond acceptors (Lipinski definition) is 4. The van der Waals surface area contributed by atoms with Gasteiger partial charge in [0.1, 0.15) is 0 Å². The largest absolute Gasteiger partial charge is 0.490 e. The maximum Gasteiger partial charge on any atom is 0.303 e. The maximum atomic E-state index is 10.6. The summed E-state index contributed by atoms with van der Waals surface area (Å²) in [4.78, 5) is 10.6. The van der Waals surface area contributed by atoms with Gasteiger partial charge in [0.05, 0.1) is 19.8 Å². The highest BCUT2D eigenvalue weighted by Gasteiger charge is 2.17. The van der Waals surface area contributed by atoms with Crippen molar-refractivity contribution in [3.05, 3.63) is 17.7 Å². The highest BCUT2D eigenvalue weighted by atomic mass is 16.5. The van der Waals surface area contributed by atoms with E-state index in [0.717, 1.165) is 5.56 Å². The van der Waals surface area contributed by atoms with Crippen LogP contribution in [-0.4, -0.2) is 30.9 Å². The number of aryl methyl sites for hydroxylation is 1. The molecule has 0 aliphatic heterocycles. The zero-order valence-electron chi connectivity index (χ0n) is 13.0. The van der Waals surface area contributed by atoms with Crippen LogP contribution in [0.15, 0.2) is 12.1 Å². The Balaban J connectivity index is 3.05. The van der Waals surface area contributed by atoms with Crippen molar-refractivity contribution < 1.29 is 24.1 Å². The smallest absolute Gasteiger partial charge is 0.303 e. The summed E-state index contributed by atoms with van der Waals surface area (Å²) in [6.07, 6.45) is 1.34. The van der Waals surface area contributed by atoms with Gasteiger partial charge in [-0.15, -0.1) is 0 Å². The van der Waals surface area contributed by atoms with Gasteiger partial charge >= 0.3 is 5.97 Å². The number of hydrogen-bond donors (Lipinski definition) is 1. The molecule has 21 heavy (non-hydrogen) atoms. The van der Waals surface area contributed by atoms with Crippen LogP contribution in [0.5, 0.6) is 17.2 Å². The quantitative estimate of drug-likeness (QED) is 0.717. The Hall–Kier alpha value is -1.91. The van der Waals surface area contributed by atoms with Crippen LogP contribution in [0.1, 0.15) is 39.2 Å². The van der Waals surface area contributed by atoms with Crippen LogP contribution < -0.4 is 14.2 Å². The van der Waals surface area contributed by atoms with E-state index in [0.29, 0.717) is 49.9 Å². The second-order valence-electron chi connectivity index (χ2n) is 4.43. The Morgan fingerprint density at radius 2 is 1.62 bits per heavy atom. The summed E-state index contributed by atoms with van der Waals surface area (Å²) in [6.45, 7) is 7.30. The molecule has 0 saturated carbocycles. The van der Waals surface area contributed by atoms with Crippen molar-refractivity contribution in [2.75, 3.05) is 19.8 Å². The topological polar surface area (TPSA) is 65.0 Å². The first-order valence-corrected chi connectivity index (χ1v) is 7.40. The summed E-state index contributed by atoms with van der Waals surface area (Å²) < 4.78 is 17.0. The van der Waals surface area contributed by atoms with Crippen LogP contribution >= 0.6 is 0 Å². The molecule has 0 aliphatic rings. The van der Waals surface area contributed by atoms with E-state index >= 15 is 0 Å². The zero-order chi connectivity index (χ0) is 15.7. The van der Waals surface area contributed by atoms with Gasteiger partial charge in [0.15, 0.2) is 11.5 Å². The summed E-state index contributed by atoms with van der Waals surface area (Å²) in [6, 6.07) is 3.77. The zero-order valence-corrected chi connectivity index (χ0v) is 13.0. The Labute approximate surface area is 125 Å². The molecule has 1 aromatic carbocycles. The van der Waals surface area contributed by atoms with Gasteiger partial charge in [0, 0.05) is 6.42 Å². The highest BCUT2D eigenvalue weighted by molar-refractivity contribution is 5.66. The average molecular weight is 296 g/mol. The first-order chi connectivity index (χ1) is 10.1. The molecule has 0 aromatic heterocycles. The van der Waals surface area contributed by atoms with E-state index in [1.54, 1.807) is 0 Å². The van der Waals surface area contributed by atoms with E-state index < -0.39 is 5.97 Å². The van der Waals surface area contributed by atoms with Gasteiger partial charge < -0.3 is 19.3 Å². The van der Waals surface area contributed by atoms with Crippen LogP contribution in [0.3, 0.4) is 0 Å². The number of ether oxygens (including phenoxy) is 3. The molecule has 0 saturated heterocycles. The third kappa shape index (κ3) is 5.17. The van der Waals surface area contributed by atoms with E-state index in [1.807, 2.05) is 32.9 Å².